The van der Waals surface area contributed by atoms with Crippen molar-refractivity contribution in [1.82, 2.24) is 24.5 Å². The number of aryl methyl sites for hydroxylation is 2. The molecule has 1 amide bonds. The maximum atomic E-state index is 12.4. The summed E-state index contributed by atoms with van der Waals surface area (Å²) in [6.07, 6.45) is 6.58. The molecular weight excluding hydrogens is 320 g/mol. The molecule has 1 fully saturated rings. The Morgan fingerprint density at radius 2 is 2.32 bits per heavy atom. The van der Waals surface area contributed by atoms with E-state index in [-0.39, 0.29) is 12.0 Å². The molecule has 3 rings (SSSR count). The van der Waals surface area contributed by atoms with Crippen molar-refractivity contribution in [3.63, 3.8) is 0 Å². The van der Waals surface area contributed by atoms with Crippen LogP contribution >= 0.6 is 0 Å². The summed E-state index contributed by atoms with van der Waals surface area (Å²) in [7, 11) is 0. The van der Waals surface area contributed by atoms with Gasteiger partial charge in [-0.15, -0.1) is 0 Å². The first kappa shape index (κ1) is 17.6. The quantitative estimate of drug-likeness (QED) is 0.813. The molecule has 0 bridgehead atoms. The van der Waals surface area contributed by atoms with Crippen LogP contribution in [0.4, 0.5) is 5.82 Å². The molecule has 136 valence electrons. The van der Waals surface area contributed by atoms with E-state index >= 15 is 0 Å². The van der Waals surface area contributed by atoms with Crippen molar-refractivity contribution in [3.8, 4) is 0 Å². The zero-order chi connectivity index (χ0) is 17.6. The fourth-order valence-corrected chi connectivity index (χ4v) is 3.02. The third-order valence-electron chi connectivity index (χ3n) is 4.16. The van der Waals surface area contributed by atoms with E-state index in [9.17, 15) is 4.79 Å². The number of nitrogens with zero attached hydrogens (tertiary/aromatic N) is 5. The molecule has 2 aromatic heterocycles. The van der Waals surface area contributed by atoms with Crippen molar-refractivity contribution < 1.29 is 9.53 Å². The van der Waals surface area contributed by atoms with Crippen LogP contribution in [-0.2, 0) is 22.6 Å². The molecule has 0 unspecified atom stereocenters. The van der Waals surface area contributed by atoms with Crippen LogP contribution in [-0.4, -0.2) is 62.7 Å². The van der Waals surface area contributed by atoms with E-state index in [0.717, 1.165) is 37.4 Å². The molecular formula is C17H26N6O2. The number of amides is 1. The predicted octanol–water partition coefficient (Wildman–Crippen LogP) is 1.14. The van der Waals surface area contributed by atoms with Gasteiger partial charge < -0.3 is 10.1 Å². The Balaban J connectivity index is 1.50. The van der Waals surface area contributed by atoms with Crippen LogP contribution in [0.25, 0.3) is 0 Å². The third-order valence-corrected chi connectivity index (χ3v) is 4.16. The predicted molar refractivity (Wildman–Crippen MR) is 94.3 cm³/mol. The van der Waals surface area contributed by atoms with Crippen LogP contribution in [0.5, 0.6) is 0 Å². The number of carbonyl (C=O) groups excluding carboxylic acids is 1. The van der Waals surface area contributed by atoms with Gasteiger partial charge in [-0.05, 0) is 18.9 Å². The number of morpholine rings is 1. The molecule has 3 heterocycles. The van der Waals surface area contributed by atoms with E-state index in [0.29, 0.717) is 19.7 Å². The summed E-state index contributed by atoms with van der Waals surface area (Å²) in [5.74, 6) is 0.733. The first-order valence-corrected chi connectivity index (χ1v) is 8.78. The van der Waals surface area contributed by atoms with E-state index < -0.39 is 0 Å². The number of aromatic nitrogens is 4. The van der Waals surface area contributed by atoms with E-state index in [1.807, 2.05) is 34.7 Å². The van der Waals surface area contributed by atoms with Crippen molar-refractivity contribution in [3.05, 3.63) is 30.2 Å². The lowest BCUT2D eigenvalue weighted by molar-refractivity contribution is -0.119. The van der Waals surface area contributed by atoms with Crippen LogP contribution in [0.1, 0.15) is 18.9 Å². The molecule has 8 nitrogen and oxygen atoms in total. The molecule has 8 heteroatoms. The summed E-state index contributed by atoms with van der Waals surface area (Å²) in [4.78, 5) is 14.5. The lowest BCUT2D eigenvalue weighted by Crippen LogP contribution is -2.47. The fourth-order valence-electron chi connectivity index (χ4n) is 3.02. The molecule has 0 aromatic carbocycles. The molecule has 25 heavy (non-hydrogen) atoms. The molecule has 0 aliphatic carbocycles. The summed E-state index contributed by atoms with van der Waals surface area (Å²) in [6.45, 7) is 8.08. The van der Waals surface area contributed by atoms with Crippen molar-refractivity contribution in [2.24, 2.45) is 0 Å². The highest BCUT2D eigenvalue weighted by atomic mass is 16.5. The summed E-state index contributed by atoms with van der Waals surface area (Å²) in [6, 6.07) is 1.83. The summed E-state index contributed by atoms with van der Waals surface area (Å²) < 4.78 is 9.53. The number of carbonyl (C=O) groups is 1. The van der Waals surface area contributed by atoms with Crippen LogP contribution < -0.4 is 5.32 Å². The van der Waals surface area contributed by atoms with Gasteiger partial charge in [-0.2, -0.15) is 10.2 Å². The number of anilines is 1. The average Bonchev–Trinajstić information content (AvgIpc) is 3.17. The highest BCUT2D eigenvalue weighted by Gasteiger charge is 2.23. The van der Waals surface area contributed by atoms with Gasteiger partial charge in [0.1, 0.15) is 5.82 Å². The zero-order valence-corrected chi connectivity index (χ0v) is 14.9. The van der Waals surface area contributed by atoms with Gasteiger partial charge in [0, 0.05) is 31.9 Å². The maximum absolute atomic E-state index is 12.4. The van der Waals surface area contributed by atoms with Crippen LogP contribution in [0, 0.1) is 6.92 Å². The summed E-state index contributed by atoms with van der Waals surface area (Å²) >= 11 is 0. The van der Waals surface area contributed by atoms with Crippen molar-refractivity contribution >= 4 is 11.7 Å². The molecule has 1 saturated heterocycles. The Morgan fingerprint density at radius 1 is 1.44 bits per heavy atom. The average molecular weight is 346 g/mol. The molecule has 0 spiro atoms. The van der Waals surface area contributed by atoms with E-state index in [1.165, 1.54) is 0 Å². The largest absolute Gasteiger partial charge is 0.374 e. The van der Waals surface area contributed by atoms with Gasteiger partial charge in [0.15, 0.2) is 0 Å². The Morgan fingerprint density at radius 3 is 3.08 bits per heavy atom. The molecule has 2 aromatic rings. The molecule has 1 aliphatic heterocycles. The highest BCUT2D eigenvalue weighted by Crippen LogP contribution is 2.10. The van der Waals surface area contributed by atoms with Crippen LogP contribution in [0.2, 0.25) is 0 Å². The summed E-state index contributed by atoms with van der Waals surface area (Å²) in [5, 5.41) is 11.5. The third kappa shape index (κ3) is 4.90. The number of nitrogens with one attached hydrogen (secondary N) is 1. The van der Waals surface area contributed by atoms with E-state index in [4.69, 9.17) is 4.74 Å². The van der Waals surface area contributed by atoms with Crippen LogP contribution in [0.3, 0.4) is 0 Å². The Bertz CT molecular complexity index is 695. The van der Waals surface area contributed by atoms with Crippen molar-refractivity contribution in [1.29, 1.82) is 0 Å². The first-order chi connectivity index (χ1) is 12.1. The van der Waals surface area contributed by atoms with Crippen molar-refractivity contribution in [2.45, 2.75) is 39.5 Å². The van der Waals surface area contributed by atoms with Gasteiger partial charge in [0.25, 0.3) is 0 Å². The number of rotatable bonds is 7. The minimum atomic E-state index is -0.0200. The Kier molecular flexibility index (Phi) is 5.83. The topological polar surface area (TPSA) is 77.2 Å². The van der Waals surface area contributed by atoms with Gasteiger partial charge in [-0.1, -0.05) is 6.92 Å². The molecule has 1 N–H and O–H groups in total. The van der Waals surface area contributed by atoms with Crippen molar-refractivity contribution in [2.75, 3.05) is 31.6 Å². The van der Waals surface area contributed by atoms with Crippen LogP contribution in [0.15, 0.2) is 24.7 Å². The van der Waals surface area contributed by atoms with Gasteiger partial charge >= 0.3 is 0 Å². The standard InChI is InChI=1S/C17H26N6O2/c1-3-6-23-16(4-5-18-23)20-17(24)13-21-7-8-25-15(11-21)12-22-10-14(2)9-19-22/h4-5,9-10,15H,3,6-8,11-13H2,1-2H3,(H,20,24)/t15-/m1/s1. The monoisotopic (exact) mass is 346 g/mol. The van der Waals surface area contributed by atoms with Gasteiger partial charge in [-0.3, -0.25) is 14.4 Å². The number of hydrogen-bond acceptors (Lipinski definition) is 5. The lowest BCUT2D eigenvalue weighted by Gasteiger charge is -2.32. The molecule has 0 radical (unpaired) electrons. The normalized spacial score (nSPS) is 18.4. The fraction of sp³-hybridized carbons (Fsp3) is 0.588. The minimum Gasteiger partial charge on any atom is -0.374 e. The maximum Gasteiger partial charge on any atom is 0.239 e. The lowest BCUT2D eigenvalue weighted by atomic mass is 10.2. The number of hydrogen-bond donors (Lipinski definition) is 1. The van der Waals surface area contributed by atoms with E-state index in [2.05, 4.69) is 27.3 Å². The second-order valence-corrected chi connectivity index (χ2v) is 6.46. The Hall–Kier alpha value is -2.19. The molecule has 1 aliphatic rings. The Labute approximate surface area is 147 Å². The molecule has 0 saturated carbocycles. The minimum absolute atomic E-state index is 0.0200. The smallest absolute Gasteiger partial charge is 0.239 e. The molecule has 1 atom stereocenters. The number of ether oxygens (including phenoxy) is 1. The van der Waals surface area contributed by atoms with Gasteiger partial charge in [0.05, 0.1) is 38.2 Å². The first-order valence-electron chi connectivity index (χ1n) is 8.78. The highest BCUT2D eigenvalue weighted by molar-refractivity contribution is 5.91. The van der Waals surface area contributed by atoms with Gasteiger partial charge in [-0.25, -0.2) is 4.68 Å². The SMILES string of the molecule is CCCn1nccc1NC(=O)CN1CCO[C@@H](Cn2cc(C)cn2)C1. The summed E-state index contributed by atoms with van der Waals surface area (Å²) in [5.41, 5.74) is 1.13. The second-order valence-electron chi connectivity index (χ2n) is 6.46. The van der Waals surface area contributed by atoms with Gasteiger partial charge in [0.2, 0.25) is 5.91 Å². The second kappa shape index (κ2) is 8.26. The van der Waals surface area contributed by atoms with E-state index in [1.54, 1.807) is 6.20 Å². The zero-order valence-electron chi connectivity index (χ0n) is 14.9.